The zero-order valence-electron chi connectivity index (χ0n) is 12.3. The standard InChI is InChI=1S/C17H26O2S/c18-16(15-13-3-1-2-4-14(13)15)12-5-8-19-17(11-12)6-9-20-10-7-17/h12-15H,1-11H2. The predicted octanol–water partition coefficient (Wildman–Crippen LogP) is 3.68. The molecule has 1 spiro atoms. The number of ketones is 1. The molecule has 0 aromatic heterocycles. The third-order valence-corrected chi connectivity index (χ3v) is 7.27. The maximum Gasteiger partial charge on any atom is 0.139 e. The summed E-state index contributed by atoms with van der Waals surface area (Å²) in [6, 6.07) is 0. The van der Waals surface area contributed by atoms with E-state index < -0.39 is 0 Å². The molecule has 4 rings (SSSR count). The lowest BCUT2D eigenvalue weighted by Crippen LogP contribution is -2.44. The summed E-state index contributed by atoms with van der Waals surface area (Å²) >= 11 is 2.04. The Bertz CT molecular complexity index is 371. The highest BCUT2D eigenvalue weighted by Crippen LogP contribution is 2.57. The topological polar surface area (TPSA) is 26.3 Å². The van der Waals surface area contributed by atoms with E-state index in [1.165, 1.54) is 50.0 Å². The first kappa shape index (κ1) is 13.6. The van der Waals surface area contributed by atoms with E-state index in [-0.39, 0.29) is 5.60 Å². The summed E-state index contributed by atoms with van der Waals surface area (Å²) < 4.78 is 6.14. The fraction of sp³-hybridized carbons (Fsp3) is 0.941. The number of hydrogen-bond donors (Lipinski definition) is 0. The maximum atomic E-state index is 12.9. The third kappa shape index (κ3) is 2.35. The van der Waals surface area contributed by atoms with E-state index in [1.54, 1.807) is 0 Å². The molecule has 2 saturated carbocycles. The summed E-state index contributed by atoms with van der Waals surface area (Å²) in [7, 11) is 0. The zero-order chi connectivity index (χ0) is 13.6. The second kappa shape index (κ2) is 5.31. The van der Waals surface area contributed by atoms with Gasteiger partial charge in [0.1, 0.15) is 5.78 Å². The number of thioether (sulfide) groups is 1. The van der Waals surface area contributed by atoms with Crippen molar-refractivity contribution >= 4 is 17.5 Å². The molecular weight excluding hydrogens is 268 g/mol. The van der Waals surface area contributed by atoms with E-state index in [1.807, 2.05) is 11.8 Å². The minimum atomic E-state index is 0.0733. The first-order valence-electron chi connectivity index (χ1n) is 8.55. The lowest BCUT2D eigenvalue weighted by atomic mass is 9.79. The van der Waals surface area contributed by atoms with E-state index in [4.69, 9.17) is 4.74 Å². The maximum absolute atomic E-state index is 12.9. The molecule has 2 heterocycles. The minimum absolute atomic E-state index is 0.0733. The molecule has 0 radical (unpaired) electrons. The summed E-state index contributed by atoms with van der Waals surface area (Å²) in [5, 5.41) is 0. The van der Waals surface area contributed by atoms with Crippen LogP contribution in [0.1, 0.15) is 51.4 Å². The number of rotatable bonds is 2. The van der Waals surface area contributed by atoms with Crippen molar-refractivity contribution in [2.24, 2.45) is 23.7 Å². The molecule has 2 saturated heterocycles. The van der Waals surface area contributed by atoms with Crippen LogP contribution in [0.25, 0.3) is 0 Å². The fourth-order valence-electron chi connectivity index (χ4n) is 5.05. The Balaban J connectivity index is 1.42. The molecule has 20 heavy (non-hydrogen) atoms. The van der Waals surface area contributed by atoms with Crippen molar-refractivity contribution in [3.8, 4) is 0 Å². The van der Waals surface area contributed by atoms with Crippen molar-refractivity contribution in [1.29, 1.82) is 0 Å². The molecule has 0 bridgehead atoms. The van der Waals surface area contributed by atoms with Gasteiger partial charge in [-0.15, -0.1) is 0 Å². The van der Waals surface area contributed by atoms with Crippen LogP contribution >= 0.6 is 11.8 Å². The fourth-order valence-corrected chi connectivity index (χ4v) is 6.29. The molecule has 2 aliphatic heterocycles. The van der Waals surface area contributed by atoms with Gasteiger partial charge in [0.25, 0.3) is 0 Å². The molecule has 112 valence electrons. The van der Waals surface area contributed by atoms with E-state index in [0.29, 0.717) is 17.6 Å². The number of carbonyl (C=O) groups excluding carboxylic acids is 1. The Morgan fingerprint density at radius 2 is 1.75 bits per heavy atom. The normalized spacial score (nSPS) is 43.0. The third-order valence-electron chi connectivity index (χ3n) is 6.28. The molecule has 0 aromatic carbocycles. The average molecular weight is 294 g/mol. The van der Waals surface area contributed by atoms with Crippen molar-refractivity contribution in [2.45, 2.75) is 57.0 Å². The monoisotopic (exact) mass is 294 g/mol. The highest BCUT2D eigenvalue weighted by molar-refractivity contribution is 7.99. The van der Waals surface area contributed by atoms with E-state index in [0.717, 1.165) is 31.3 Å². The zero-order valence-corrected chi connectivity index (χ0v) is 13.1. The second-order valence-corrected chi connectivity index (χ2v) is 8.60. The smallest absolute Gasteiger partial charge is 0.139 e. The number of carbonyl (C=O) groups is 1. The number of fused-ring (bicyclic) bond motifs is 1. The Morgan fingerprint density at radius 1 is 1.05 bits per heavy atom. The largest absolute Gasteiger partial charge is 0.375 e. The van der Waals surface area contributed by atoms with Gasteiger partial charge in [-0.25, -0.2) is 0 Å². The van der Waals surface area contributed by atoms with Crippen LogP contribution < -0.4 is 0 Å². The highest BCUT2D eigenvalue weighted by Gasteiger charge is 2.56. The van der Waals surface area contributed by atoms with Crippen LogP contribution in [-0.2, 0) is 9.53 Å². The lowest BCUT2D eigenvalue weighted by molar-refractivity contribution is -0.140. The van der Waals surface area contributed by atoms with Crippen molar-refractivity contribution in [2.75, 3.05) is 18.1 Å². The lowest BCUT2D eigenvalue weighted by Gasteiger charge is -2.43. The summed E-state index contributed by atoms with van der Waals surface area (Å²) in [6.07, 6.45) is 9.72. The van der Waals surface area contributed by atoms with Crippen molar-refractivity contribution in [3.63, 3.8) is 0 Å². The molecule has 2 aliphatic carbocycles. The van der Waals surface area contributed by atoms with Crippen LogP contribution in [0.5, 0.6) is 0 Å². The van der Waals surface area contributed by atoms with Crippen molar-refractivity contribution in [1.82, 2.24) is 0 Å². The Morgan fingerprint density at radius 3 is 2.45 bits per heavy atom. The quantitative estimate of drug-likeness (QED) is 0.777. The van der Waals surface area contributed by atoms with Gasteiger partial charge in [0.05, 0.1) is 5.60 Å². The molecular formula is C17H26O2S. The van der Waals surface area contributed by atoms with Crippen LogP contribution in [0.3, 0.4) is 0 Å². The van der Waals surface area contributed by atoms with E-state index in [9.17, 15) is 4.79 Å². The van der Waals surface area contributed by atoms with Gasteiger partial charge in [0.2, 0.25) is 0 Å². The van der Waals surface area contributed by atoms with Gasteiger partial charge in [0, 0.05) is 18.4 Å². The Kier molecular flexibility index (Phi) is 3.62. The van der Waals surface area contributed by atoms with Crippen LogP contribution in [-0.4, -0.2) is 29.5 Å². The first-order chi connectivity index (χ1) is 9.79. The van der Waals surface area contributed by atoms with Crippen LogP contribution in [0.15, 0.2) is 0 Å². The number of Topliss-reactive ketones (excluding diaryl/α,β-unsaturated/α-hetero) is 1. The molecule has 0 amide bonds. The summed E-state index contributed by atoms with van der Waals surface area (Å²) in [5.74, 6) is 5.39. The second-order valence-electron chi connectivity index (χ2n) is 7.37. The van der Waals surface area contributed by atoms with Crippen LogP contribution in [0.4, 0.5) is 0 Å². The molecule has 4 aliphatic rings. The summed E-state index contributed by atoms with van der Waals surface area (Å²) in [6.45, 7) is 0.823. The molecule has 0 aromatic rings. The molecule has 3 heteroatoms. The summed E-state index contributed by atoms with van der Waals surface area (Å²) in [4.78, 5) is 12.9. The van der Waals surface area contributed by atoms with Gasteiger partial charge < -0.3 is 4.74 Å². The molecule has 3 atom stereocenters. The highest BCUT2D eigenvalue weighted by atomic mass is 32.2. The van der Waals surface area contributed by atoms with Gasteiger partial charge in [-0.1, -0.05) is 12.8 Å². The molecule has 2 nitrogen and oxygen atoms in total. The molecule has 3 unspecified atom stereocenters. The van der Waals surface area contributed by atoms with Gasteiger partial charge in [0.15, 0.2) is 0 Å². The van der Waals surface area contributed by atoms with Crippen LogP contribution in [0, 0.1) is 23.7 Å². The Hall–Kier alpha value is -0.0200. The molecule has 0 N–H and O–H groups in total. The van der Waals surface area contributed by atoms with Crippen molar-refractivity contribution in [3.05, 3.63) is 0 Å². The van der Waals surface area contributed by atoms with Gasteiger partial charge in [-0.2, -0.15) is 11.8 Å². The number of hydrogen-bond acceptors (Lipinski definition) is 3. The van der Waals surface area contributed by atoms with Crippen LogP contribution in [0.2, 0.25) is 0 Å². The van der Waals surface area contributed by atoms with E-state index >= 15 is 0 Å². The Labute approximate surface area is 126 Å². The number of ether oxygens (including phenoxy) is 1. The average Bonchev–Trinajstić information content (AvgIpc) is 3.22. The van der Waals surface area contributed by atoms with Crippen molar-refractivity contribution < 1.29 is 9.53 Å². The predicted molar refractivity (Wildman–Crippen MR) is 81.9 cm³/mol. The van der Waals surface area contributed by atoms with Gasteiger partial charge >= 0.3 is 0 Å². The van der Waals surface area contributed by atoms with E-state index in [2.05, 4.69) is 0 Å². The van der Waals surface area contributed by atoms with Gasteiger partial charge in [-0.05, 0) is 61.9 Å². The SMILES string of the molecule is O=C(C1CCOC2(CCSCC2)C1)C1C2CCCCC21. The first-order valence-corrected chi connectivity index (χ1v) is 9.70. The summed E-state index contributed by atoms with van der Waals surface area (Å²) in [5.41, 5.74) is 0.0733. The molecule has 4 fully saturated rings. The van der Waals surface area contributed by atoms with Gasteiger partial charge in [-0.3, -0.25) is 4.79 Å². The minimum Gasteiger partial charge on any atom is -0.375 e.